The Morgan fingerprint density at radius 2 is 2.30 bits per heavy atom. The molecule has 1 N–H and O–H groups in total. The van der Waals surface area contributed by atoms with Gasteiger partial charge in [-0.1, -0.05) is 0 Å². The summed E-state index contributed by atoms with van der Waals surface area (Å²) < 4.78 is 6.90. The first-order valence-electron chi connectivity index (χ1n) is 7.11. The number of rotatable bonds is 6. The smallest absolute Gasteiger partial charge is 0.256 e. The first-order valence-corrected chi connectivity index (χ1v) is 8.05. The number of aromatic nitrogens is 3. The number of methoxy groups -OCH3 is 1. The van der Waals surface area contributed by atoms with E-state index in [-0.39, 0.29) is 5.91 Å². The normalized spacial score (nSPS) is 10.5. The maximum absolute atomic E-state index is 12.1. The maximum atomic E-state index is 12.1. The fourth-order valence-electron chi connectivity index (χ4n) is 2.16. The van der Waals surface area contributed by atoms with Crippen molar-refractivity contribution in [2.75, 3.05) is 13.7 Å². The lowest BCUT2D eigenvalue weighted by molar-refractivity contribution is 0.0948. The number of ether oxygens (including phenoxy) is 1. The lowest BCUT2D eigenvalue weighted by atomic mass is 10.2. The molecule has 0 bridgehead atoms. The van der Waals surface area contributed by atoms with E-state index in [1.807, 2.05) is 28.4 Å². The van der Waals surface area contributed by atoms with Crippen LogP contribution in [-0.4, -0.2) is 34.3 Å². The summed E-state index contributed by atoms with van der Waals surface area (Å²) in [6.07, 6.45) is 3.50. The summed E-state index contributed by atoms with van der Waals surface area (Å²) in [5.41, 5.74) is 2.47. The van der Waals surface area contributed by atoms with Crippen LogP contribution in [0.5, 0.6) is 5.88 Å². The second kappa shape index (κ2) is 7.06. The zero-order valence-corrected chi connectivity index (χ0v) is 13.4. The minimum atomic E-state index is -0.208. The van der Waals surface area contributed by atoms with Crippen LogP contribution >= 0.6 is 11.3 Å². The van der Waals surface area contributed by atoms with Gasteiger partial charge in [-0.25, -0.2) is 4.98 Å². The van der Waals surface area contributed by atoms with Crippen LogP contribution in [-0.2, 0) is 6.54 Å². The molecule has 0 saturated carbocycles. The largest absolute Gasteiger partial charge is 0.480 e. The molecule has 0 saturated heterocycles. The summed E-state index contributed by atoms with van der Waals surface area (Å²) in [7, 11) is 1.49. The van der Waals surface area contributed by atoms with Crippen molar-refractivity contribution < 1.29 is 9.53 Å². The van der Waals surface area contributed by atoms with Crippen molar-refractivity contribution in [3.05, 3.63) is 53.0 Å². The van der Waals surface area contributed by atoms with Gasteiger partial charge in [0, 0.05) is 29.9 Å². The van der Waals surface area contributed by atoms with Gasteiger partial charge < -0.3 is 10.1 Å². The number of pyridine rings is 1. The highest BCUT2D eigenvalue weighted by atomic mass is 32.1. The number of carbonyl (C=O) groups excluding carboxylic acids is 1. The Labute approximate surface area is 137 Å². The van der Waals surface area contributed by atoms with E-state index >= 15 is 0 Å². The summed E-state index contributed by atoms with van der Waals surface area (Å²) in [5, 5.41) is 11.4. The number of hydrogen-bond donors (Lipinski definition) is 1. The molecule has 3 aromatic heterocycles. The first kappa shape index (κ1) is 15.2. The van der Waals surface area contributed by atoms with Gasteiger partial charge in [-0.3, -0.25) is 9.48 Å². The summed E-state index contributed by atoms with van der Waals surface area (Å²) >= 11 is 1.64. The SMILES string of the molecule is COc1ncccc1C(=O)NCCn1ccc(-c2ccsc2)n1. The quantitative estimate of drug-likeness (QED) is 0.754. The number of hydrogen-bond acceptors (Lipinski definition) is 5. The molecule has 3 rings (SSSR count). The van der Waals surface area contributed by atoms with E-state index < -0.39 is 0 Å². The van der Waals surface area contributed by atoms with E-state index in [1.165, 1.54) is 7.11 Å². The van der Waals surface area contributed by atoms with Gasteiger partial charge in [0.15, 0.2) is 0 Å². The van der Waals surface area contributed by atoms with E-state index in [0.29, 0.717) is 24.5 Å². The van der Waals surface area contributed by atoms with Gasteiger partial charge in [0.2, 0.25) is 5.88 Å². The van der Waals surface area contributed by atoms with E-state index in [0.717, 1.165) is 11.3 Å². The van der Waals surface area contributed by atoms with Crippen LogP contribution in [0.4, 0.5) is 0 Å². The molecule has 0 unspecified atom stereocenters. The van der Waals surface area contributed by atoms with Crippen molar-refractivity contribution in [3.8, 4) is 17.1 Å². The van der Waals surface area contributed by atoms with Crippen molar-refractivity contribution >= 4 is 17.2 Å². The number of carbonyl (C=O) groups is 1. The third kappa shape index (κ3) is 3.57. The molecule has 7 heteroatoms. The fraction of sp³-hybridized carbons (Fsp3) is 0.188. The third-order valence-corrected chi connectivity index (χ3v) is 3.98. The average molecular weight is 328 g/mol. The Bertz CT molecular complexity index is 783. The Hall–Kier alpha value is -2.67. The predicted octanol–water partition coefficient (Wildman–Crippen LogP) is 2.45. The number of thiophene rings is 1. The highest BCUT2D eigenvalue weighted by molar-refractivity contribution is 7.08. The number of nitrogens with one attached hydrogen (secondary N) is 1. The Morgan fingerprint density at radius 1 is 1.39 bits per heavy atom. The summed E-state index contributed by atoms with van der Waals surface area (Å²) in [5.74, 6) is 0.115. The maximum Gasteiger partial charge on any atom is 0.256 e. The molecule has 0 aliphatic heterocycles. The zero-order valence-electron chi connectivity index (χ0n) is 12.6. The first-order chi connectivity index (χ1) is 11.3. The van der Waals surface area contributed by atoms with Crippen LogP contribution in [0.15, 0.2) is 47.4 Å². The van der Waals surface area contributed by atoms with E-state index in [2.05, 4.69) is 20.8 Å². The highest BCUT2D eigenvalue weighted by Gasteiger charge is 2.12. The van der Waals surface area contributed by atoms with Gasteiger partial charge in [0.1, 0.15) is 5.56 Å². The minimum absolute atomic E-state index is 0.208. The average Bonchev–Trinajstić information content (AvgIpc) is 3.26. The highest BCUT2D eigenvalue weighted by Crippen LogP contribution is 2.19. The lowest BCUT2D eigenvalue weighted by Crippen LogP contribution is -2.27. The molecule has 1 amide bonds. The van der Waals surface area contributed by atoms with Crippen molar-refractivity contribution in [2.24, 2.45) is 0 Å². The molecule has 0 radical (unpaired) electrons. The van der Waals surface area contributed by atoms with Gasteiger partial charge in [0.05, 0.1) is 19.3 Å². The summed E-state index contributed by atoms with van der Waals surface area (Å²) in [4.78, 5) is 16.2. The van der Waals surface area contributed by atoms with Crippen LogP contribution in [0, 0.1) is 0 Å². The van der Waals surface area contributed by atoms with Gasteiger partial charge in [-0.2, -0.15) is 16.4 Å². The molecule has 0 aromatic carbocycles. The Balaban J connectivity index is 1.56. The van der Waals surface area contributed by atoms with E-state index in [9.17, 15) is 4.79 Å². The minimum Gasteiger partial charge on any atom is -0.480 e. The number of amides is 1. The van der Waals surface area contributed by atoms with Crippen molar-refractivity contribution in [1.29, 1.82) is 0 Å². The molecular formula is C16H16N4O2S. The van der Waals surface area contributed by atoms with Crippen LogP contribution in [0.3, 0.4) is 0 Å². The summed E-state index contributed by atoms with van der Waals surface area (Å²) in [6, 6.07) is 7.39. The second-order valence-electron chi connectivity index (χ2n) is 4.79. The molecule has 0 aliphatic carbocycles. The fourth-order valence-corrected chi connectivity index (χ4v) is 2.81. The molecule has 6 nitrogen and oxygen atoms in total. The standard InChI is InChI=1S/C16H16N4O2S/c1-22-16-13(3-2-6-18-16)15(21)17-7-9-20-8-4-14(19-20)12-5-10-23-11-12/h2-6,8,10-11H,7,9H2,1H3,(H,17,21). The summed E-state index contributed by atoms with van der Waals surface area (Å²) in [6.45, 7) is 1.07. The van der Waals surface area contributed by atoms with Gasteiger partial charge in [-0.05, 0) is 29.6 Å². The second-order valence-corrected chi connectivity index (χ2v) is 5.57. The number of nitrogens with zero attached hydrogens (tertiary/aromatic N) is 3. The van der Waals surface area contributed by atoms with E-state index in [1.54, 1.807) is 29.7 Å². The van der Waals surface area contributed by atoms with Gasteiger partial charge >= 0.3 is 0 Å². The molecule has 3 aromatic rings. The third-order valence-electron chi connectivity index (χ3n) is 3.29. The molecule has 23 heavy (non-hydrogen) atoms. The molecule has 0 atom stereocenters. The Kier molecular flexibility index (Phi) is 4.68. The molecule has 3 heterocycles. The van der Waals surface area contributed by atoms with E-state index in [4.69, 9.17) is 4.74 Å². The van der Waals surface area contributed by atoms with Crippen molar-refractivity contribution in [3.63, 3.8) is 0 Å². The molecule has 0 spiro atoms. The van der Waals surface area contributed by atoms with Crippen LogP contribution in [0.2, 0.25) is 0 Å². The predicted molar refractivity (Wildman–Crippen MR) is 88.7 cm³/mol. The molecule has 0 fully saturated rings. The van der Waals surface area contributed by atoms with Gasteiger partial charge in [0.25, 0.3) is 5.91 Å². The molecular weight excluding hydrogens is 312 g/mol. The van der Waals surface area contributed by atoms with Gasteiger partial charge in [-0.15, -0.1) is 0 Å². The van der Waals surface area contributed by atoms with Crippen molar-refractivity contribution in [2.45, 2.75) is 6.54 Å². The lowest BCUT2D eigenvalue weighted by Gasteiger charge is -2.08. The monoisotopic (exact) mass is 328 g/mol. The van der Waals surface area contributed by atoms with Crippen molar-refractivity contribution in [1.82, 2.24) is 20.1 Å². The molecule has 118 valence electrons. The molecule has 0 aliphatic rings. The van der Waals surface area contributed by atoms with Crippen LogP contribution < -0.4 is 10.1 Å². The zero-order chi connectivity index (χ0) is 16.1. The van der Waals surface area contributed by atoms with Crippen LogP contribution in [0.1, 0.15) is 10.4 Å². The topological polar surface area (TPSA) is 69.0 Å². The van der Waals surface area contributed by atoms with Crippen LogP contribution in [0.25, 0.3) is 11.3 Å². The Morgan fingerprint density at radius 3 is 3.09 bits per heavy atom.